The molecule has 0 atom stereocenters. The quantitative estimate of drug-likeness (QED) is 0.590. The van der Waals surface area contributed by atoms with E-state index in [0.29, 0.717) is 24.2 Å². The van der Waals surface area contributed by atoms with Crippen molar-refractivity contribution >= 4 is 33.2 Å². The second kappa shape index (κ2) is 8.98. The fourth-order valence-electron chi connectivity index (χ4n) is 4.99. The van der Waals surface area contributed by atoms with Gasteiger partial charge in [-0.3, -0.25) is 4.79 Å². The number of hydrogen-bond acceptors (Lipinski definition) is 5. The van der Waals surface area contributed by atoms with Crippen LogP contribution in [0.3, 0.4) is 0 Å². The number of benzene rings is 3. The zero-order chi connectivity index (χ0) is 24.6. The molecule has 35 heavy (non-hydrogen) atoms. The number of carbonyl (C=O) groups is 1. The van der Waals surface area contributed by atoms with Gasteiger partial charge in [0.1, 0.15) is 0 Å². The first-order valence-electron chi connectivity index (χ1n) is 11.7. The molecule has 0 saturated carbocycles. The second-order valence-electron chi connectivity index (χ2n) is 9.21. The summed E-state index contributed by atoms with van der Waals surface area (Å²) in [6.45, 7) is 1.46. The summed E-state index contributed by atoms with van der Waals surface area (Å²) >= 11 is 0. The molecule has 1 fully saturated rings. The molecular formula is C28H28N2O4S. The SMILES string of the molecule is CS(=O)(=O)c1ccccc1C1(O)CCN(C(=O)c2ccc(N3CC=Cc4ccccc43)cc2)CC1. The highest BCUT2D eigenvalue weighted by molar-refractivity contribution is 7.90. The Morgan fingerprint density at radius 3 is 2.29 bits per heavy atom. The van der Waals surface area contributed by atoms with E-state index in [1.54, 1.807) is 23.1 Å². The molecule has 7 heteroatoms. The Morgan fingerprint density at radius 2 is 1.57 bits per heavy atom. The number of amides is 1. The average Bonchev–Trinajstić information content (AvgIpc) is 2.88. The van der Waals surface area contributed by atoms with Gasteiger partial charge < -0.3 is 14.9 Å². The monoisotopic (exact) mass is 488 g/mol. The maximum absolute atomic E-state index is 13.2. The van der Waals surface area contributed by atoms with Gasteiger partial charge in [0, 0.05) is 48.4 Å². The molecule has 2 aliphatic heterocycles. The van der Waals surface area contributed by atoms with Crippen LogP contribution in [-0.2, 0) is 15.4 Å². The van der Waals surface area contributed by atoms with Gasteiger partial charge in [0.2, 0.25) is 0 Å². The van der Waals surface area contributed by atoms with Gasteiger partial charge in [0.05, 0.1) is 10.5 Å². The number of aliphatic hydroxyl groups is 1. The van der Waals surface area contributed by atoms with E-state index in [1.165, 1.54) is 6.07 Å². The summed E-state index contributed by atoms with van der Waals surface area (Å²) in [5.41, 5.74) is 3.04. The van der Waals surface area contributed by atoms with Gasteiger partial charge >= 0.3 is 0 Å². The molecule has 0 bridgehead atoms. The van der Waals surface area contributed by atoms with Gasteiger partial charge in [-0.05, 0) is 54.8 Å². The lowest BCUT2D eigenvalue weighted by atomic mass is 9.84. The van der Waals surface area contributed by atoms with Crippen molar-refractivity contribution in [2.24, 2.45) is 0 Å². The van der Waals surface area contributed by atoms with Crippen LogP contribution in [0.1, 0.15) is 34.3 Å². The maximum atomic E-state index is 13.2. The number of rotatable bonds is 4. The third-order valence-corrected chi connectivity index (χ3v) is 8.06. The van der Waals surface area contributed by atoms with Crippen molar-refractivity contribution in [1.82, 2.24) is 4.90 Å². The van der Waals surface area contributed by atoms with Crippen molar-refractivity contribution in [3.05, 3.63) is 95.6 Å². The van der Waals surface area contributed by atoms with Crippen molar-refractivity contribution in [1.29, 1.82) is 0 Å². The van der Waals surface area contributed by atoms with E-state index < -0.39 is 15.4 Å². The number of likely N-dealkylation sites (tertiary alicyclic amines) is 1. The van der Waals surface area contributed by atoms with Crippen molar-refractivity contribution in [3.8, 4) is 0 Å². The van der Waals surface area contributed by atoms with Gasteiger partial charge in [0.15, 0.2) is 9.84 Å². The highest BCUT2D eigenvalue weighted by atomic mass is 32.2. The van der Waals surface area contributed by atoms with E-state index in [4.69, 9.17) is 0 Å². The number of sulfone groups is 1. The molecule has 2 heterocycles. The number of carbonyl (C=O) groups excluding carboxylic acids is 1. The lowest BCUT2D eigenvalue weighted by molar-refractivity contribution is -0.0232. The molecule has 0 radical (unpaired) electrons. The zero-order valence-electron chi connectivity index (χ0n) is 19.6. The highest BCUT2D eigenvalue weighted by Gasteiger charge is 2.38. The minimum absolute atomic E-state index is 0.0889. The minimum Gasteiger partial charge on any atom is -0.385 e. The van der Waals surface area contributed by atoms with Gasteiger partial charge in [-0.25, -0.2) is 8.42 Å². The van der Waals surface area contributed by atoms with Crippen molar-refractivity contribution in [3.63, 3.8) is 0 Å². The van der Waals surface area contributed by atoms with Crippen molar-refractivity contribution in [2.45, 2.75) is 23.3 Å². The molecule has 1 N–H and O–H groups in total. The predicted molar refractivity (Wildman–Crippen MR) is 138 cm³/mol. The highest BCUT2D eigenvalue weighted by Crippen LogP contribution is 2.37. The third-order valence-electron chi connectivity index (χ3n) is 6.90. The van der Waals surface area contributed by atoms with Crippen LogP contribution in [0, 0.1) is 0 Å². The van der Waals surface area contributed by atoms with Crippen LogP contribution in [0.2, 0.25) is 0 Å². The molecule has 1 amide bonds. The largest absolute Gasteiger partial charge is 0.385 e. The van der Waals surface area contributed by atoms with Gasteiger partial charge in [-0.1, -0.05) is 48.6 Å². The summed E-state index contributed by atoms with van der Waals surface area (Å²) in [5.74, 6) is -0.0889. The molecule has 3 aromatic rings. The predicted octanol–water partition coefficient (Wildman–Crippen LogP) is 4.38. The molecule has 3 aromatic carbocycles. The number of anilines is 2. The van der Waals surface area contributed by atoms with Gasteiger partial charge in [0.25, 0.3) is 5.91 Å². The molecule has 0 aromatic heterocycles. The first-order chi connectivity index (χ1) is 16.8. The summed E-state index contributed by atoms with van der Waals surface area (Å²) in [7, 11) is -3.47. The number of fused-ring (bicyclic) bond motifs is 1. The molecule has 5 rings (SSSR count). The minimum atomic E-state index is -3.47. The van der Waals surface area contributed by atoms with Crippen molar-refractivity contribution in [2.75, 3.05) is 30.8 Å². The normalized spacial score (nSPS) is 17.2. The number of piperidine rings is 1. The summed E-state index contributed by atoms with van der Waals surface area (Å²) in [6, 6.07) is 22.4. The Hall–Kier alpha value is -3.42. The van der Waals surface area contributed by atoms with Crippen LogP contribution in [0.4, 0.5) is 11.4 Å². The summed E-state index contributed by atoms with van der Waals surface area (Å²) in [4.78, 5) is 17.3. The molecule has 2 aliphatic rings. The van der Waals surface area contributed by atoms with E-state index in [0.717, 1.165) is 29.7 Å². The Labute approximate surface area is 206 Å². The van der Waals surface area contributed by atoms with Gasteiger partial charge in [-0.15, -0.1) is 0 Å². The maximum Gasteiger partial charge on any atom is 0.253 e. The van der Waals surface area contributed by atoms with Crippen LogP contribution < -0.4 is 4.90 Å². The number of nitrogens with zero attached hydrogens (tertiary/aromatic N) is 2. The fraction of sp³-hybridized carbons (Fsp3) is 0.250. The molecule has 0 unspecified atom stereocenters. The molecule has 180 valence electrons. The first-order valence-corrected chi connectivity index (χ1v) is 13.6. The first kappa shape index (κ1) is 23.3. The third kappa shape index (κ3) is 4.49. The standard InChI is InChI=1S/C28H28N2O4S/c1-35(33,34)26-11-5-3-9-24(26)28(32)16-19-29(20-17-28)27(31)22-12-14-23(15-13-22)30-18-6-8-21-7-2-4-10-25(21)30/h2-15,32H,16-20H2,1H3. The van der Waals surface area contributed by atoms with E-state index in [2.05, 4.69) is 29.2 Å². The van der Waals surface area contributed by atoms with Crippen LogP contribution >= 0.6 is 0 Å². The Bertz CT molecular complexity index is 1390. The van der Waals surface area contributed by atoms with Gasteiger partial charge in [-0.2, -0.15) is 0 Å². The van der Waals surface area contributed by atoms with Crippen LogP contribution in [0.15, 0.2) is 83.8 Å². The smallest absolute Gasteiger partial charge is 0.253 e. The topological polar surface area (TPSA) is 77.9 Å². The number of para-hydroxylation sites is 1. The van der Waals surface area contributed by atoms with Crippen LogP contribution in [0.25, 0.3) is 6.08 Å². The summed E-state index contributed by atoms with van der Waals surface area (Å²) in [6.07, 6.45) is 5.95. The summed E-state index contributed by atoms with van der Waals surface area (Å²) in [5, 5.41) is 11.3. The lowest BCUT2D eigenvalue weighted by Gasteiger charge is -2.39. The van der Waals surface area contributed by atoms with Crippen LogP contribution in [0.5, 0.6) is 0 Å². The second-order valence-corrected chi connectivity index (χ2v) is 11.2. The Morgan fingerprint density at radius 1 is 0.914 bits per heavy atom. The fourth-order valence-corrected chi connectivity index (χ4v) is 5.98. The van der Waals surface area contributed by atoms with E-state index in [9.17, 15) is 18.3 Å². The average molecular weight is 489 g/mol. The van der Waals surface area contributed by atoms with Crippen LogP contribution in [-0.4, -0.2) is 50.2 Å². The molecular weight excluding hydrogens is 460 g/mol. The molecule has 6 nitrogen and oxygen atoms in total. The van der Waals surface area contributed by atoms with E-state index in [1.807, 2.05) is 36.4 Å². The zero-order valence-corrected chi connectivity index (χ0v) is 20.4. The number of hydrogen-bond donors (Lipinski definition) is 1. The molecule has 1 saturated heterocycles. The Balaban J connectivity index is 1.30. The van der Waals surface area contributed by atoms with E-state index in [-0.39, 0.29) is 23.6 Å². The Kier molecular flexibility index (Phi) is 5.99. The summed E-state index contributed by atoms with van der Waals surface area (Å²) < 4.78 is 24.4. The van der Waals surface area contributed by atoms with E-state index >= 15 is 0 Å². The lowest BCUT2D eigenvalue weighted by Crippen LogP contribution is -2.45. The molecule has 0 aliphatic carbocycles. The molecule has 0 spiro atoms. The van der Waals surface area contributed by atoms with Crippen molar-refractivity contribution < 1.29 is 18.3 Å².